The predicted octanol–water partition coefficient (Wildman–Crippen LogP) is 5.18. The van der Waals surface area contributed by atoms with E-state index in [2.05, 4.69) is 10.5 Å². The molecule has 2 heterocycles. The molecule has 2 aromatic carbocycles. The molecule has 38 heavy (non-hydrogen) atoms. The maximum atomic E-state index is 13.1. The highest BCUT2D eigenvalue weighted by Crippen LogP contribution is 2.55. The number of morpholine rings is 1. The molecule has 1 saturated heterocycles. The molecule has 7 heteroatoms. The minimum atomic E-state index is -0.125. The number of nitrogens with one attached hydrogen (secondary N) is 1. The summed E-state index contributed by atoms with van der Waals surface area (Å²) in [5, 5.41) is 7.48. The number of aromatic nitrogens is 1. The van der Waals surface area contributed by atoms with E-state index in [1.807, 2.05) is 53.4 Å². The third kappa shape index (κ3) is 4.43. The van der Waals surface area contributed by atoms with Crippen LogP contribution in [0.5, 0.6) is 0 Å². The number of hydrogen-bond donors (Lipinski definition) is 1. The second-order valence-electron chi connectivity index (χ2n) is 11.8. The van der Waals surface area contributed by atoms with Crippen LogP contribution in [-0.4, -0.2) is 53.7 Å². The Labute approximate surface area is 222 Å². The zero-order valence-corrected chi connectivity index (χ0v) is 21.5. The Morgan fingerprint density at radius 2 is 1.50 bits per heavy atom. The van der Waals surface area contributed by atoms with Crippen LogP contribution in [0, 0.1) is 17.8 Å². The lowest BCUT2D eigenvalue weighted by atomic mass is 9.53. The summed E-state index contributed by atoms with van der Waals surface area (Å²) in [4.78, 5) is 27.9. The van der Waals surface area contributed by atoms with Crippen molar-refractivity contribution in [1.29, 1.82) is 0 Å². The fourth-order valence-corrected chi connectivity index (χ4v) is 7.69. The quantitative estimate of drug-likeness (QED) is 0.510. The van der Waals surface area contributed by atoms with Crippen LogP contribution in [0.1, 0.15) is 59.4 Å². The van der Waals surface area contributed by atoms with Crippen LogP contribution < -0.4 is 5.32 Å². The molecule has 5 fully saturated rings. The van der Waals surface area contributed by atoms with Crippen LogP contribution in [0.4, 0.5) is 0 Å². The van der Waals surface area contributed by atoms with Crippen LogP contribution in [0.2, 0.25) is 0 Å². The highest BCUT2D eigenvalue weighted by molar-refractivity contribution is 5.96. The summed E-state index contributed by atoms with van der Waals surface area (Å²) in [6.45, 7) is 2.41. The lowest BCUT2D eigenvalue weighted by Gasteiger charge is -2.56. The van der Waals surface area contributed by atoms with E-state index in [4.69, 9.17) is 9.26 Å². The molecule has 4 aliphatic carbocycles. The normalized spacial score (nSPS) is 27.9. The molecular formula is C31H33N3O4. The van der Waals surface area contributed by atoms with Gasteiger partial charge in [0, 0.05) is 35.8 Å². The first kappa shape index (κ1) is 23.7. The number of nitrogens with zero attached hydrogens (tertiary/aromatic N) is 2. The smallest absolute Gasteiger partial charge is 0.273 e. The van der Waals surface area contributed by atoms with Gasteiger partial charge in [0.2, 0.25) is 0 Å². The van der Waals surface area contributed by atoms with Gasteiger partial charge < -0.3 is 19.5 Å². The fraction of sp³-hybridized carbons (Fsp3) is 0.452. The van der Waals surface area contributed by atoms with Crippen LogP contribution in [0.3, 0.4) is 0 Å². The summed E-state index contributed by atoms with van der Waals surface area (Å²) in [6.07, 6.45) is 7.34. The molecule has 1 aliphatic heterocycles. The number of hydrogen-bond acceptors (Lipinski definition) is 5. The van der Waals surface area contributed by atoms with Gasteiger partial charge in [0.25, 0.3) is 11.8 Å². The molecule has 7 nitrogen and oxygen atoms in total. The molecule has 0 unspecified atom stereocenters. The SMILES string of the molecule is O=C(NC12CC3CC(CC(C3)C1)C2)c1cc(-c2ccc(-c3cccc(C(=O)N4CCOCC4)c3)cc2)on1. The number of benzene rings is 2. The van der Waals surface area contributed by atoms with Crippen LogP contribution in [0.25, 0.3) is 22.5 Å². The van der Waals surface area contributed by atoms with E-state index in [-0.39, 0.29) is 17.4 Å². The number of rotatable bonds is 5. The van der Waals surface area contributed by atoms with Gasteiger partial charge in [0.1, 0.15) is 0 Å². The second-order valence-corrected chi connectivity index (χ2v) is 11.8. The molecule has 1 N–H and O–H groups in total. The first-order valence-electron chi connectivity index (χ1n) is 13.9. The van der Waals surface area contributed by atoms with Crippen molar-refractivity contribution in [3.05, 3.63) is 65.9 Å². The van der Waals surface area contributed by atoms with Crippen molar-refractivity contribution in [2.75, 3.05) is 26.3 Å². The van der Waals surface area contributed by atoms with Gasteiger partial charge in [-0.15, -0.1) is 0 Å². The van der Waals surface area contributed by atoms with E-state index in [0.717, 1.165) is 53.7 Å². The Kier molecular flexibility index (Phi) is 5.84. The third-order valence-electron chi connectivity index (χ3n) is 9.07. The molecule has 196 valence electrons. The highest BCUT2D eigenvalue weighted by Gasteiger charge is 2.51. The minimum absolute atomic E-state index is 0.0350. The lowest BCUT2D eigenvalue weighted by Crippen LogP contribution is -2.59. The number of carbonyl (C=O) groups is 2. The first-order chi connectivity index (χ1) is 18.5. The first-order valence-corrected chi connectivity index (χ1v) is 13.9. The Morgan fingerprint density at radius 1 is 0.842 bits per heavy atom. The van der Waals surface area contributed by atoms with Crippen molar-refractivity contribution in [1.82, 2.24) is 15.4 Å². The summed E-state index contributed by atoms with van der Waals surface area (Å²) in [6, 6.07) is 17.4. The van der Waals surface area contributed by atoms with E-state index in [1.54, 1.807) is 6.07 Å². The van der Waals surface area contributed by atoms with E-state index in [9.17, 15) is 9.59 Å². The topological polar surface area (TPSA) is 84.7 Å². The molecule has 2 amide bonds. The lowest BCUT2D eigenvalue weighted by molar-refractivity contribution is -0.0168. The third-order valence-corrected chi connectivity index (χ3v) is 9.07. The Hall–Kier alpha value is -3.45. The maximum Gasteiger partial charge on any atom is 0.273 e. The molecule has 1 aromatic heterocycles. The molecular weight excluding hydrogens is 478 g/mol. The molecule has 4 saturated carbocycles. The standard InChI is InChI=1S/C31H33N3O4/c35-29(32-31-17-20-12-21(18-31)14-22(13-20)19-31)27-16-28(38-33-27)24-6-4-23(5-7-24)25-2-1-3-26(15-25)30(36)34-8-10-37-11-9-34/h1-7,15-16,20-22H,8-14,17-19H2,(H,32,35). The van der Waals surface area contributed by atoms with Crippen molar-refractivity contribution in [2.24, 2.45) is 17.8 Å². The van der Waals surface area contributed by atoms with Crippen molar-refractivity contribution in [2.45, 2.75) is 44.1 Å². The van der Waals surface area contributed by atoms with Gasteiger partial charge >= 0.3 is 0 Å². The molecule has 3 aromatic rings. The number of carbonyl (C=O) groups excluding carboxylic acids is 2. The zero-order valence-electron chi connectivity index (χ0n) is 21.5. The van der Waals surface area contributed by atoms with Crippen molar-refractivity contribution in [3.8, 4) is 22.5 Å². The maximum absolute atomic E-state index is 13.1. The van der Waals surface area contributed by atoms with Gasteiger partial charge in [-0.05, 0) is 79.5 Å². The molecule has 0 radical (unpaired) electrons. The van der Waals surface area contributed by atoms with Crippen molar-refractivity contribution < 1.29 is 18.8 Å². The van der Waals surface area contributed by atoms with Crippen LogP contribution >= 0.6 is 0 Å². The molecule has 0 spiro atoms. The van der Waals surface area contributed by atoms with Crippen LogP contribution in [0.15, 0.2) is 59.1 Å². The van der Waals surface area contributed by atoms with Crippen molar-refractivity contribution >= 4 is 11.8 Å². The molecule has 8 rings (SSSR count). The monoisotopic (exact) mass is 511 g/mol. The number of amides is 2. The highest BCUT2D eigenvalue weighted by atomic mass is 16.5. The Bertz CT molecular complexity index is 1320. The summed E-state index contributed by atoms with van der Waals surface area (Å²) in [7, 11) is 0. The van der Waals surface area contributed by atoms with E-state index < -0.39 is 0 Å². The molecule has 0 atom stereocenters. The number of ether oxygens (including phenoxy) is 1. The summed E-state index contributed by atoms with van der Waals surface area (Å²) < 4.78 is 11.0. The van der Waals surface area contributed by atoms with Gasteiger partial charge in [-0.1, -0.05) is 41.6 Å². The van der Waals surface area contributed by atoms with Gasteiger partial charge in [-0.3, -0.25) is 9.59 Å². The van der Waals surface area contributed by atoms with Crippen molar-refractivity contribution in [3.63, 3.8) is 0 Å². The Morgan fingerprint density at radius 3 is 2.18 bits per heavy atom. The summed E-state index contributed by atoms with van der Waals surface area (Å²) in [5.41, 5.74) is 3.81. The zero-order chi connectivity index (χ0) is 25.7. The van der Waals surface area contributed by atoms with E-state index in [0.29, 0.717) is 43.3 Å². The second kappa shape index (κ2) is 9.38. The molecule has 4 bridgehead atoms. The van der Waals surface area contributed by atoms with Gasteiger partial charge in [-0.2, -0.15) is 0 Å². The predicted molar refractivity (Wildman–Crippen MR) is 142 cm³/mol. The fourth-order valence-electron chi connectivity index (χ4n) is 7.69. The minimum Gasteiger partial charge on any atom is -0.378 e. The summed E-state index contributed by atoms with van der Waals surface area (Å²) in [5.74, 6) is 2.79. The largest absolute Gasteiger partial charge is 0.378 e. The van der Waals surface area contributed by atoms with Gasteiger partial charge in [0.15, 0.2) is 11.5 Å². The van der Waals surface area contributed by atoms with Gasteiger partial charge in [-0.25, -0.2) is 0 Å². The van der Waals surface area contributed by atoms with Crippen LogP contribution in [-0.2, 0) is 4.74 Å². The Balaban J connectivity index is 1.04. The van der Waals surface area contributed by atoms with E-state index in [1.165, 1.54) is 19.3 Å². The van der Waals surface area contributed by atoms with E-state index >= 15 is 0 Å². The molecule has 5 aliphatic rings. The summed E-state index contributed by atoms with van der Waals surface area (Å²) >= 11 is 0. The average molecular weight is 512 g/mol. The average Bonchev–Trinajstić information content (AvgIpc) is 3.43. The van der Waals surface area contributed by atoms with Gasteiger partial charge in [0.05, 0.1) is 13.2 Å².